The molecular formula is C16H32N2O3. The van der Waals surface area contributed by atoms with Gasteiger partial charge < -0.3 is 10.0 Å². The Bertz CT molecular complexity index is 317. The van der Waals surface area contributed by atoms with Crippen LogP contribution >= 0.6 is 0 Å². The second-order valence-electron chi connectivity index (χ2n) is 6.99. The van der Waals surface area contributed by atoms with Crippen LogP contribution in [0.3, 0.4) is 0 Å². The fraction of sp³-hybridized carbons (Fsp3) is 0.875. The third-order valence-electron chi connectivity index (χ3n) is 3.03. The number of nitrogens with one attached hydrogen (secondary N) is 1. The third kappa shape index (κ3) is 9.45. The number of rotatable bonds is 10. The van der Waals surface area contributed by atoms with E-state index in [-0.39, 0.29) is 18.4 Å². The third-order valence-corrected chi connectivity index (χ3v) is 3.03. The van der Waals surface area contributed by atoms with Gasteiger partial charge in [-0.1, -0.05) is 41.5 Å². The summed E-state index contributed by atoms with van der Waals surface area (Å²) in [5.74, 6) is 0.163. The first-order chi connectivity index (χ1) is 9.63. The number of carboxylic acids is 1. The van der Waals surface area contributed by atoms with Crippen LogP contribution in [0.2, 0.25) is 0 Å². The van der Waals surface area contributed by atoms with Crippen LogP contribution in [0.4, 0.5) is 0 Å². The van der Waals surface area contributed by atoms with E-state index in [9.17, 15) is 14.7 Å². The van der Waals surface area contributed by atoms with E-state index in [0.29, 0.717) is 31.3 Å². The molecule has 21 heavy (non-hydrogen) atoms. The molecule has 0 aromatic carbocycles. The predicted octanol–water partition coefficient (Wildman–Crippen LogP) is 2.22. The zero-order valence-corrected chi connectivity index (χ0v) is 14.3. The van der Waals surface area contributed by atoms with E-state index in [1.165, 1.54) is 0 Å². The normalized spacial score (nSPS) is 13.0. The molecule has 0 aromatic heterocycles. The lowest BCUT2D eigenvalue weighted by Gasteiger charge is -2.27. The van der Waals surface area contributed by atoms with Gasteiger partial charge in [0.25, 0.3) is 0 Å². The Balaban J connectivity index is 4.54. The number of carbonyl (C=O) groups excluding carboxylic acids is 1. The summed E-state index contributed by atoms with van der Waals surface area (Å²) < 4.78 is 0. The van der Waals surface area contributed by atoms with Gasteiger partial charge in [-0.3, -0.25) is 14.9 Å². The van der Waals surface area contributed by atoms with Crippen molar-refractivity contribution in [2.75, 3.05) is 19.6 Å². The quantitative estimate of drug-likeness (QED) is 0.649. The first kappa shape index (κ1) is 19.9. The lowest BCUT2D eigenvalue weighted by Crippen LogP contribution is -2.46. The molecule has 5 nitrogen and oxygen atoms in total. The van der Waals surface area contributed by atoms with Gasteiger partial charge in [-0.15, -0.1) is 0 Å². The summed E-state index contributed by atoms with van der Waals surface area (Å²) in [5.41, 5.74) is 0. The second-order valence-corrected chi connectivity index (χ2v) is 6.99. The molecule has 1 atom stereocenters. The number of hydrogen-bond acceptors (Lipinski definition) is 3. The molecule has 0 aromatic rings. The standard InChI is InChI=1S/C16H32N2O3/c1-11(2)7-14(16(20)21)17-8-15(19)18(9-12(3)4)10-13(5)6/h11-14,17H,7-10H2,1-6H3,(H,20,21). The molecule has 0 rings (SSSR count). The average Bonchev–Trinajstić information content (AvgIpc) is 2.31. The zero-order valence-electron chi connectivity index (χ0n) is 14.3. The number of aliphatic carboxylic acids is 1. The molecule has 0 heterocycles. The van der Waals surface area contributed by atoms with Crippen LogP contribution in [0.1, 0.15) is 48.0 Å². The van der Waals surface area contributed by atoms with Crippen LogP contribution in [0.25, 0.3) is 0 Å². The molecule has 1 amide bonds. The Morgan fingerprint density at radius 2 is 1.43 bits per heavy atom. The molecule has 0 radical (unpaired) electrons. The summed E-state index contributed by atoms with van der Waals surface area (Å²) in [6, 6.07) is -0.658. The minimum Gasteiger partial charge on any atom is -0.480 e. The van der Waals surface area contributed by atoms with Crippen molar-refractivity contribution in [1.29, 1.82) is 0 Å². The van der Waals surface area contributed by atoms with E-state index < -0.39 is 12.0 Å². The van der Waals surface area contributed by atoms with Crippen LogP contribution in [0.15, 0.2) is 0 Å². The van der Waals surface area contributed by atoms with Gasteiger partial charge in [0.15, 0.2) is 0 Å². The molecule has 0 saturated carbocycles. The lowest BCUT2D eigenvalue weighted by molar-refractivity contribution is -0.140. The molecular weight excluding hydrogens is 268 g/mol. The Kier molecular flexibility index (Phi) is 9.26. The SMILES string of the molecule is CC(C)CC(NCC(=O)N(CC(C)C)CC(C)C)C(=O)O. The summed E-state index contributed by atoms with van der Waals surface area (Å²) in [6.45, 7) is 13.8. The first-order valence-corrected chi connectivity index (χ1v) is 7.87. The molecule has 1 unspecified atom stereocenters. The second kappa shape index (κ2) is 9.77. The Morgan fingerprint density at radius 3 is 1.76 bits per heavy atom. The zero-order chi connectivity index (χ0) is 16.6. The Labute approximate surface area is 129 Å². The molecule has 0 saturated heterocycles. The highest BCUT2D eigenvalue weighted by Gasteiger charge is 2.22. The minimum absolute atomic E-state index is 0.0209. The maximum Gasteiger partial charge on any atom is 0.320 e. The molecule has 0 spiro atoms. The fourth-order valence-electron chi connectivity index (χ4n) is 2.22. The van der Waals surface area contributed by atoms with Crippen LogP contribution in [-0.2, 0) is 9.59 Å². The highest BCUT2D eigenvalue weighted by atomic mass is 16.4. The van der Waals surface area contributed by atoms with Gasteiger partial charge in [-0.05, 0) is 24.2 Å². The highest BCUT2D eigenvalue weighted by molar-refractivity contribution is 5.80. The van der Waals surface area contributed by atoms with E-state index in [1.807, 2.05) is 18.7 Å². The van der Waals surface area contributed by atoms with Crippen molar-refractivity contribution < 1.29 is 14.7 Å². The molecule has 0 bridgehead atoms. The molecule has 2 N–H and O–H groups in total. The van der Waals surface area contributed by atoms with Crippen molar-refractivity contribution >= 4 is 11.9 Å². The van der Waals surface area contributed by atoms with Crippen LogP contribution in [-0.4, -0.2) is 47.6 Å². The van der Waals surface area contributed by atoms with Gasteiger partial charge in [-0.25, -0.2) is 0 Å². The minimum atomic E-state index is -0.893. The van der Waals surface area contributed by atoms with Crippen molar-refractivity contribution in [2.24, 2.45) is 17.8 Å². The number of carboxylic acid groups (broad SMARTS) is 1. The monoisotopic (exact) mass is 300 g/mol. The van der Waals surface area contributed by atoms with E-state index in [4.69, 9.17) is 0 Å². The van der Waals surface area contributed by atoms with Crippen LogP contribution in [0.5, 0.6) is 0 Å². The maximum absolute atomic E-state index is 12.3. The van der Waals surface area contributed by atoms with Crippen molar-refractivity contribution in [3.8, 4) is 0 Å². The summed E-state index contributed by atoms with van der Waals surface area (Å²) in [4.78, 5) is 25.3. The number of carbonyl (C=O) groups is 2. The average molecular weight is 300 g/mol. The summed E-state index contributed by atoms with van der Waals surface area (Å²) in [6.07, 6.45) is 0.525. The molecule has 0 fully saturated rings. The van der Waals surface area contributed by atoms with E-state index in [1.54, 1.807) is 0 Å². The van der Waals surface area contributed by atoms with Crippen LogP contribution in [0, 0.1) is 17.8 Å². The molecule has 0 aliphatic carbocycles. The van der Waals surface area contributed by atoms with Crippen LogP contribution < -0.4 is 5.32 Å². The summed E-state index contributed by atoms with van der Waals surface area (Å²) >= 11 is 0. The van der Waals surface area contributed by atoms with Gasteiger partial charge in [0.1, 0.15) is 6.04 Å². The van der Waals surface area contributed by atoms with Crippen molar-refractivity contribution in [2.45, 2.75) is 54.0 Å². The number of nitrogens with zero attached hydrogens (tertiary/aromatic N) is 1. The van der Waals surface area contributed by atoms with Gasteiger partial charge in [-0.2, -0.15) is 0 Å². The largest absolute Gasteiger partial charge is 0.480 e. The fourth-order valence-corrected chi connectivity index (χ4v) is 2.22. The van der Waals surface area contributed by atoms with Gasteiger partial charge in [0.05, 0.1) is 6.54 Å². The molecule has 5 heteroatoms. The molecule has 124 valence electrons. The number of hydrogen-bond donors (Lipinski definition) is 2. The lowest BCUT2D eigenvalue weighted by atomic mass is 10.0. The Morgan fingerprint density at radius 1 is 0.952 bits per heavy atom. The Hall–Kier alpha value is -1.10. The number of amides is 1. The van der Waals surface area contributed by atoms with Crippen molar-refractivity contribution in [1.82, 2.24) is 10.2 Å². The topological polar surface area (TPSA) is 69.6 Å². The maximum atomic E-state index is 12.3. The van der Waals surface area contributed by atoms with E-state index >= 15 is 0 Å². The van der Waals surface area contributed by atoms with Crippen molar-refractivity contribution in [3.05, 3.63) is 0 Å². The smallest absolute Gasteiger partial charge is 0.320 e. The molecule has 0 aliphatic rings. The summed E-state index contributed by atoms with van der Waals surface area (Å²) in [5, 5.41) is 12.1. The van der Waals surface area contributed by atoms with E-state index in [2.05, 4.69) is 33.0 Å². The van der Waals surface area contributed by atoms with Gasteiger partial charge in [0.2, 0.25) is 5.91 Å². The highest BCUT2D eigenvalue weighted by Crippen LogP contribution is 2.07. The first-order valence-electron chi connectivity index (χ1n) is 7.87. The van der Waals surface area contributed by atoms with Crippen molar-refractivity contribution in [3.63, 3.8) is 0 Å². The molecule has 0 aliphatic heterocycles. The predicted molar refractivity (Wildman–Crippen MR) is 85.1 cm³/mol. The van der Waals surface area contributed by atoms with Gasteiger partial charge in [0, 0.05) is 13.1 Å². The van der Waals surface area contributed by atoms with Gasteiger partial charge >= 0.3 is 5.97 Å². The summed E-state index contributed by atoms with van der Waals surface area (Å²) in [7, 11) is 0. The van der Waals surface area contributed by atoms with E-state index in [0.717, 1.165) is 0 Å².